The molecule has 3 heteroatoms. The van der Waals surface area contributed by atoms with Gasteiger partial charge in [0.1, 0.15) is 0 Å². The van der Waals surface area contributed by atoms with Gasteiger partial charge in [-0.3, -0.25) is 4.79 Å². The molecule has 0 unspecified atom stereocenters. The van der Waals surface area contributed by atoms with E-state index in [9.17, 15) is 4.79 Å². The van der Waals surface area contributed by atoms with E-state index >= 15 is 0 Å². The zero-order valence-corrected chi connectivity index (χ0v) is 15.4. The number of nitrogens with one attached hydrogen (secondary N) is 1. The molecule has 1 N–H and O–H groups in total. The minimum absolute atomic E-state index is 0.0470. The second-order valence-corrected chi connectivity index (χ2v) is 7.44. The van der Waals surface area contributed by atoms with Crippen molar-refractivity contribution in [2.24, 2.45) is 0 Å². The fourth-order valence-electron chi connectivity index (χ4n) is 2.51. The topological polar surface area (TPSA) is 32.3 Å². The van der Waals surface area contributed by atoms with Gasteiger partial charge in [0, 0.05) is 31.9 Å². The monoisotopic (exact) mass is 324 g/mol. The van der Waals surface area contributed by atoms with E-state index in [4.69, 9.17) is 0 Å². The van der Waals surface area contributed by atoms with Gasteiger partial charge in [0.05, 0.1) is 0 Å². The average Bonchev–Trinajstić information content (AvgIpc) is 2.53. The summed E-state index contributed by atoms with van der Waals surface area (Å²) in [6, 6.07) is 16.4. The van der Waals surface area contributed by atoms with E-state index in [0.717, 1.165) is 17.8 Å². The lowest BCUT2D eigenvalue weighted by Crippen LogP contribution is -2.14. The molecule has 2 rings (SSSR count). The van der Waals surface area contributed by atoms with Gasteiger partial charge in [-0.2, -0.15) is 0 Å². The van der Waals surface area contributed by atoms with Crippen LogP contribution in [0.5, 0.6) is 0 Å². The van der Waals surface area contributed by atoms with Crippen molar-refractivity contribution in [1.82, 2.24) is 0 Å². The second kappa shape index (κ2) is 7.52. The molecular formula is C21H28N2O. The van der Waals surface area contributed by atoms with Crippen LogP contribution in [-0.2, 0) is 16.6 Å². The number of nitrogens with zero attached hydrogens (tertiary/aromatic N) is 1. The van der Waals surface area contributed by atoms with E-state index in [2.05, 4.69) is 50.4 Å². The Morgan fingerprint density at radius 1 is 1.04 bits per heavy atom. The molecule has 0 spiro atoms. The van der Waals surface area contributed by atoms with Crippen molar-refractivity contribution in [3.8, 4) is 0 Å². The highest BCUT2D eigenvalue weighted by atomic mass is 16.1. The van der Waals surface area contributed by atoms with E-state index in [-0.39, 0.29) is 11.3 Å². The minimum Gasteiger partial charge on any atom is -0.378 e. The Labute approximate surface area is 145 Å². The van der Waals surface area contributed by atoms with Crippen molar-refractivity contribution in [2.45, 2.75) is 39.0 Å². The second-order valence-electron chi connectivity index (χ2n) is 7.44. The molecule has 0 fully saturated rings. The van der Waals surface area contributed by atoms with E-state index in [1.54, 1.807) is 0 Å². The molecule has 0 aromatic heterocycles. The van der Waals surface area contributed by atoms with Gasteiger partial charge in [-0.15, -0.1) is 0 Å². The van der Waals surface area contributed by atoms with Crippen LogP contribution < -0.4 is 10.2 Å². The lowest BCUT2D eigenvalue weighted by Gasteiger charge is -2.19. The van der Waals surface area contributed by atoms with Gasteiger partial charge in [0.15, 0.2) is 0 Å². The summed E-state index contributed by atoms with van der Waals surface area (Å²) in [5.74, 6) is 0.0470. The number of hydrogen-bond acceptors (Lipinski definition) is 2. The Morgan fingerprint density at radius 3 is 2.29 bits per heavy atom. The van der Waals surface area contributed by atoms with Crippen molar-refractivity contribution in [1.29, 1.82) is 0 Å². The molecule has 0 aliphatic carbocycles. The smallest absolute Gasteiger partial charge is 0.224 e. The van der Waals surface area contributed by atoms with Gasteiger partial charge in [0.2, 0.25) is 5.91 Å². The average molecular weight is 324 g/mol. The van der Waals surface area contributed by atoms with Gasteiger partial charge >= 0.3 is 0 Å². The van der Waals surface area contributed by atoms with E-state index in [0.29, 0.717) is 6.42 Å². The summed E-state index contributed by atoms with van der Waals surface area (Å²) in [5.41, 5.74) is 4.59. The Hall–Kier alpha value is -2.29. The fraction of sp³-hybridized carbons (Fsp3) is 0.381. The number of carbonyl (C=O) groups is 1. The minimum atomic E-state index is 0.0470. The maximum atomic E-state index is 12.2. The number of aryl methyl sites for hydroxylation is 1. The zero-order valence-electron chi connectivity index (χ0n) is 15.4. The van der Waals surface area contributed by atoms with Crippen LogP contribution in [0, 0.1) is 0 Å². The van der Waals surface area contributed by atoms with Gasteiger partial charge in [-0.1, -0.05) is 51.1 Å². The predicted molar refractivity (Wildman–Crippen MR) is 103 cm³/mol. The van der Waals surface area contributed by atoms with E-state index in [1.165, 1.54) is 11.1 Å². The normalized spacial score (nSPS) is 11.2. The summed E-state index contributed by atoms with van der Waals surface area (Å²) in [6.45, 7) is 6.62. The van der Waals surface area contributed by atoms with Gasteiger partial charge < -0.3 is 10.2 Å². The maximum Gasteiger partial charge on any atom is 0.224 e. The highest BCUT2D eigenvalue weighted by molar-refractivity contribution is 5.91. The number of rotatable bonds is 5. The first-order valence-corrected chi connectivity index (χ1v) is 8.42. The molecule has 1 amide bonds. The lowest BCUT2D eigenvalue weighted by atomic mass is 9.86. The third kappa shape index (κ3) is 5.12. The predicted octanol–water partition coefficient (Wildman–Crippen LogP) is 4.62. The summed E-state index contributed by atoms with van der Waals surface area (Å²) in [5, 5.41) is 2.98. The standard InChI is InChI=1S/C21H28N2O/c1-21(2,3)17-12-9-16(10-13-17)11-14-20(24)22-18-7-6-8-19(15-18)23(4)5/h6-10,12-13,15H,11,14H2,1-5H3,(H,22,24). The quantitative estimate of drug-likeness (QED) is 0.870. The number of hydrogen-bond donors (Lipinski definition) is 1. The Balaban J connectivity index is 1.90. The highest BCUT2D eigenvalue weighted by Crippen LogP contribution is 2.22. The molecule has 0 saturated heterocycles. The summed E-state index contributed by atoms with van der Waals surface area (Å²) in [7, 11) is 3.98. The number of anilines is 2. The molecule has 0 heterocycles. The third-order valence-corrected chi connectivity index (χ3v) is 4.11. The van der Waals surface area contributed by atoms with Crippen molar-refractivity contribution in [3.05, 3.63) is 59.7 Å². The first-order chi connectivity index (χ1) is 11.3. The maximum absolute atomic E-state index is 12.2. The van der Waals surface area contributed by atoms with Gasteiger partial charge in [-0.05, 0) is 41.2 Å². The van der Waals surface area contributed by atoms with Crippen LogP contribution in [0.25, 0.3) is 0 Å². The molecule has 128 valence electrons. The van der Waals surface area contributed by atoms with Crippen molar-refractivity contribution >= 4 is 17.3 Å². The van der Waals surface area contributed by atoms with Crippen LogP contribution in [0.15, 0.2) is 48.5 Å². The molecule has 3 nitrogen and oxygen atoms in total. The van der Waals surface area contributed by atoms with E-state index in [1.807, 2.05) is 43.3 Å². The first-order valence-electron chi connectivity index (χ1n) is 8.42. The van der Waals surface area contributed by atoms with Crippen LogP contribution in [0.3, 0.4) is 0 Å². The Kier molecular flexibility index (Phi) is 5.66. The number of amides is 1. The number of carbonyl (C=O) groups excluding carboxylic acids is 1. The summed E-state index contributed by atoms with van der Waals surface area (Å²) < 4.78 is 0. The summed E-state index contributed by atoms with van der Waals surface area (Å²) in [4.78, 5) is 14.2. The Bertz CT molecular complexity index is 682. The molecule has 2 aromatic rings. The van der Waals surface area contributed by atoms with E-state index < -0.39 is 0 Å². The molecular weight excluding hydrogens is 296 g/mol. The molecule has 2 aromatic carbocycles. The molecule has 0 saturated carbocycles. The van der Waals surface area contributed by atoms with Crippen molar-refractivity contribution < 1.29 is 4.79 Å². The molecule has 0 radical (unpaired) electrons. The Morgan fingerprint density at radius 2 is 1.71 bits per heavy atom. The lowest BCUT2D eigenvalue weighted by molar-refractivity contribution is -0.116. The van der Waals surface area contributed by atoms with Crippen molar-refractivity contribution in [2.75, 3.05) is 24.3 Å². The molecule has 0 aliphatic rings. The number of benzene rings is 2. The molecule has 0 aliphatic heterocycles. The van der Waals surface area contributed by atoms with Crippen LogP contribution in [0.2, 0.25) is 0 Å². The SMILES string of the molecule is CN(C)c1cccc(NC(=O)CCc2ccc(C(C)(C)C)cc2)c1. The summed E-state index contributed by atoms with van der Waals surface area (Å²) >= 11 is 0. The molecule has 0 bridgehead atoms. The third-order valence-electron chi connectivity index (χ3n) is 4.11. The zero-order chi connectivity index (χ0) is 17.7. The summed E-state index contributed by atoms with van der Waals surface area (Å²) in [6.07, 6.45) is 1.24. The van der Waals surface area contributed by atoms with Crippen molar-refractivity contribution in [3.63, 3.8) is 0 Å². The first kappa shape index (κ1) is 18.1. The van der Waals surface area contributed by atoms with Crippen LogP contribution in [-0.4, -0.2) is 20.0 Å². The van der Waals surface area contributed by atoms with Crippen LogP contribution in [0.1, 0.15) is 38.3 Å². The highest BCUT2D eigenvalue weighted by Gasteiger charge is 2.13. The van der Waals surface area contributed by atoms with Gasteiger partial charge in [-0.25, -0.2) is 0 Å². The fourth-order valence-corrected chi connectivity index (χ4v) is 2.51. The van der Waals surface area contributed by atoms with Crippen LogP contribution in [0.4, 0.5) is 11.4 Å². The van der Waals surface area contributed by atoms with Gasteiger partial charge in [0.25, 0.3) is 0 Å². The molecule has 0 atom stereocenters. The molecule has 24 heavy (non-hydrogen) atoms. The van der Waals surface area contributed by atoms with Crippen LogP contribution >= 0.6 is 0 Å². The largest absolute Gasteiger partial charge is 0.378 e.